The van der Waals surface area contributed by atoms with E-state index in [0.717, 1.165) is 16.7 Å². The summed E-state index contributed by atoms with van der Waals surface area (Å²) in [7, 11) is 0. The van der Waals surface area contributed by atoms with Gasteiger partial charge in [-0.3, -0.25) is 15.1 Å². The zero-order chi connectivity index (χ0) is 18.5. The summed E-state index contributed by atoms with van der Waals surface area (Å²) in [6.45, 7) is 2.29. The van der Waals surface area contributed by atoms with Crippen molar-refractivity contribution < 1.29 is 10.0 Å². The third-order valence-corrected chi connectivity index (χ3v) is 4.28. The smallest absolute Gasteiger partial charge is 0.274 e. The minimum absolute atomic E-state index is 0.00319. The van der Waals surface area contributed by atoms with Crippen LogP contribution in [0.2, 0.25) is 0 Å². The monoisotopic (exact) mass is 349 g/mol. The second-order valence-electron chi connectivity index (χ2n) is 6.03. The van der Waals surface area contributed by atoms with Crippen LogP contribution in [0.5, 0.6) is 5.75 Å². The van der Waals surface area contributed by atoms with Crippen molar-refractivity contribution in [3.05, 3.63) is 88.2 Å². The van der Waals surface area contributed by atoms with Gasteiger partial charge in [-0.2, -0.15) is 0 Å². The van der Waals surface area contributed by atoms with E-state index in [9.17, 15) is 15.2 Å². The zero-order valence-corrected chi connectivity index (χ0v) is 14.3. The lowest BCUT2D eigenvalue weighted by atomic mass is 10.0. The van der Waals surface area contributed by atoms with E-state index in [1.54, 1.807) is 12.4 Å². The Morgan fingerprint density at radius 3 is 2.38 bits per heavy atom. The van der Waals surface area contributed by atoms with Crippen molar-refractivity contribution in [2.45, 2.75) is 19.5 Å². The predicted molar refractivity (Wildman–Crippen MR) is 99.7 cm³/mol. The normalized spacial score (nSPS) is 11.9. The molecule has 1 aromatic heterocycles. The van der Waals surface area contributed by atoms with Crippen molar-refractivity contribution in [1.29, 1.82) is 0 Å². The molecule has 0 aliphatic rings. The highest BCUT2D eigenvalue weighted by molar-refractivity contribution is 5.63. The molecule has 132 valence electrons. The Labute approximate surface area is 151 Å². The van der Waals surface area contributed by atoms with Gasteiger partial charge in [0.1, 0.15) is 5.75 Å². The fourth-order valence-electron chi connectivity index (χ4n) is 2.78. The largest absolute Gasteiger partial charge is 0.508 e. The number of hydrogen-bond acceptors (Lipinski definition) is 5. The summed E-state index contributed by atoms with van der Waals surface area (Å²) in [6.07, 6.45) is 3.52. The quantitative estimate of drug-likeness (QED) is 0.514. The maximum atomic E-state index is 11.1. The van der Waals surface area contributed by atoms with Gasteiger partial charge in [0.25, 0.3) is 5.69 Å². The van der Waals surface area contributed by atoms with Crippen LogP contribution in [0.3, 0.4) is 0 Å². The first-order chi connectivity index (χ1) is 12.5. The van der Waals surface area contributed by atoms with Gasteiger partial charge in [-0.05, 0) is 47.9 Å². The summed E-state index contributed by atoms with van der Waals surface area (Å²) in [5, 5.41) is 24.0. The lowest BCUT2D eigenvalue weighted by molar-refractivity contribution is -0.385. The van der Waals surface area contributed by atoms with Gasteiger partial charge >= 0.3 is 0 Å². The minimum Gasteiger partial charge on any atom is -0.508 e. The molecule has 0 aliphatic carbocycles. The van der Waals surface area contributed by atoms with Crippen LogP contribution in [0.1, 0.15) is 24.1 Å². The molecule has 0 bridgehead atoms. The highest BCUT2D eigenvalue weighted by atomic mass is 16.6. The third-order valence-electron chi connectivity index (χ3n) is 4.28. The molecule has 3 rings (SSSR count). The molecule has 3 aromatic rings. The Kier molecular flexibility index (Phi) is 5.24. The number of nitro groups is 1. The molecule has 0 radical (unpaired) electrons. The number of aromatic hydroxyl groups is 1. The Hall–Kier alpha value is -3.25. The van der Waals surface area contributed by atoms with Crippen LogP contribution in [0.4, 0.5) is 5.69 Å². The van der Waals surface area contributed by atoms with E-state index in [1.165, 1.54) is 18.2 Å². The van der Waals surface area contributed by atoms with Gasteiger partial charge < -0.3 is 10.4 Å². The first kappa shape index (κ1) is 17.6. The maximum absolute atomic E-state index is 11.1. The lowest BCUT2D eigenvalue weighted by Gasteiger charge is -2.15. The molecule has 0 fully saturated rings. The number of nitrogens with one attached hydrogen (secondary N) is 1. The van der Waals surface area contributed by atoms with E-state index in [0.29, 0.717) is 5.56 Å². The molecule has 26 heavy (non-hydrogen) atoms. The van der Waals surface area contributed by atoms with Gasteiger partial charge in [-0.25, -0.2) is 0 Å². The number of phenolic OH excluding ortho intramolecular Hbond substituents is 1. The van der Waals surface area contributed by atoms with Crippen molar-refractivity contribution in [1.82, 2.24) is 10.3 Å². The first-order valence-electron chi connectivity index (χ1n) is 8.24. The average molecular weight is 349 g/mol. The SMILES string of the molecule is C[C@@H](NCc1cc(O)ccc1[N+](=O)[O-])c1ccc(-c2ccncc2)cc1. The Balaban J connectivity index is 1.70. The second-order valence-corrected chi connectivity index (χ2v) is 6.03. The first-order valence-corrected chi connectivity index (χ1v) is 8.24. The number of rotatable bonds is 6. The lowest BCUT2D eigenvalue weighted by Crippen LogP contribution is -2.18. The van der Waals surface area contributed by atoms with Crippen molar-refractivity contribution in [3.8, 4) is 16.9 Å². The second kappa shape index (κ2) is 7.76. The number of hydrogen-bond donors (Lipinski definition) is 2. The fraction of sp³-hybridized carbons (Fsp3) is 0.150. The van der Waals surface area contributed by atoms with Crippen LogP contribution in [0, 0.1) is 10.1 Å². The van der Waals surface area contributed by atoms with Gasteiger partial charge in [0.2, 0.25) is 0 Å². The van der Waals surface area contributed by atoms with Crippen LogP contribution in [0.15, 0.2) is 67.0 Å². The van der Waals surface area contributed by atoms with E-state index in [4.69, 9.17) is 0 Å². The van der Waals surface area contributed by atoms with Gasteiger partial charge in [-0.1, -0.05) is 24.3 Å². The Bertz CT molecular complexity index is 896. The molecule has 0 spiro atoms. The van der Waals surface area contributed by atoms with Crippen molar-refractivity contribution >= 4 is 5.69 Å². The molecule has 0 amide bonds. The molecule has 2 aromatic carbocycles. The number of aromatic nitrogens is 1. The van der Waals surface area contributed by atoms with Gasteiger partial charge in [0, 0.05) is 36.6 Å². The topological polar surface area (TPSA) is 88.3 Å². The van der Waals surface area contributed by atoms with Crippen LogP contribution in [0.25, 0.3) is 11.1 Å². The van der Waals surface area contributed by atoms with Gasteiger partial charge in [0.15, 0.2) is 0 Å². The molecular weight excluding hydrogens is 330 g/mol. The highest BCUT2D eigenvalue weighted by Crippen LogP contribution is 2.25. The highest BCUT2D eigenvalue weighted by Gasteiger charge is 2.15. The van der Waals surface area contributed by atoms with Crippen LogP contribution in [-0.2, 0) is 6.54 Å². The summed E-state index contributed by atoms with van der Waals surface area (Å²) in [5.74, 6) is 0.0155. The standard InChI is InChI=1S/C20H19N3O3/c1-14(22-13-18-12-19(24)6-7-20(18)23(25)26)15-2-4-16(5-3-15)17-8-10-21-11-9-17/h2-12,14,22,24H,13H2,1H3/t14-/m1/s1. The molecule has 0 saturated heterocycles. The maximum Gasteiger partial charge on any atom is 0.274 e. The van der Waals surface area contributed by atoms with E-state index < -0.39 is 4.92 Å². The van der Waals surface area contributed by atoms with Crippen LogP contribution in [-0.4, -0.2) is 15.0 Å². The molecule has 2 N–H and O–H groups in total. The van der Waals surface area contributed by atoms with Crippen LogP contribution >= 0.6 is 0 Å². The minimum atomic E-state index is -0.440. The molecule has 0 saturated carbocycles. The Morgan fingerprint density at radius 2 is 1.73 bits per heavy atom. The van der Waals surface area contributed by atoms with Crippen LogP contribution < -0.4 is 5.32 Å². The molecular formula is C20H19N3O3. The molecule has 1 heterocycles. The average Bonchev–Trinajstić information content (AvgIpc) is 2.66. The molecule has 6 nitrogen and oxygen atoms in total. The number of nitrogens with zero attached hydrogens (tertiary/aromatic N) is 2. The van der Waals surface area contributed by atoms with Crippen molar-refractivity contribution in [2.24, 2.45) is 0 Å². The Morgan fingerprint density at radius 1 is 1.08 bits per heavy atom. The van der Waals surface area contributed by atoms with Crippen molar-refractivity contribution in [3.63, 3.8) is 0 Å². The molecule has 0 unspecified atom stereocenters. The summed E-state index contributed by atoms with van der Waals surface area (Å²) in [4.78, 5) is 14.7. The summed E-state index contributed by atoms with van der Waals surface area (Å²) in [5.41, 5.74) is 3.73. The van der Waals surface area contributed by atoms with E-state index >= 15 is 0 Å². The zero-order valence-electron chi connectivity index (χ0n) is 14.3. The summed E-state index contributed by atoms with van der Waals surface area (Å²) in [6, 6.07) is 16.1. The number of phenols is 1. The third kappa shape index (κ3) is 4.04. The molecule has 1 atom stereocenters. The molecule has 6 heteroatoms. The predicted octanol–water partition coefficient (Wildman–Crippen LogP) is 4.21. The number of benzene rings is 2. The van der Waals surface area contributed by atoms with Gasteiger partial charge in [0.05, 0.1) is 4.92 Å². The molecule has 0 aliphatic heterocycles. The fourth-order valence-corrected chi connectivity index (χ4v) is 2.78. The summed E-state index contributed by atoms with van der Waals surface area (Å²) >= 11 is 0. The van der Waals surface area contributed by atoms with E-state index in [2.05, 4.69) is 10.3 Å². The van der Waals surface area contributed by atoms with Gasteiger partial charge in [-0.15, -0.1) is 0 Å². The number of nitro benzene ring substituents is 1. The number of pyridine rings is 1. The van der Waals surface area contributed by atoms with E-state index in [1.807, 2.05) is 43.3 Å². The van der Waals surface area contributed by atoms with E-state index in [-0.39, 0.29) is 24.0 Å². The summed E-state index contributed by atoms with van der Waals surface area (Å²) < 4.78 is 0. The van der Waals surface area contributed by atoms with Crippen molar-refractivity contribution in [2.75, 3.05) is 0 Å².